The Morgan fingerprint density at radius 2 is 1.81 bits per heavy atom. The highest BCUT2D eigenvalue weighted by Crippen LogP contribution is 2.39. The van der Waals surface area contributed by atoms with Crippen LogP contribution in [0.5, 0.6) is 11.5 Å². The molecule has 2 atom stereocenters. The molecule has 3 aromatic carbocycles. The van der Waals surface area contributed by atoms with Crippen molar-refractivity contribution in [2.24, 2.45) is 0 Å². The number of methoxy groups -OCH3 is 2. The summed E-state index contributed by atoms with van der Waals surface area (Å²) in [5.74, 6) is 0.615. The van der Waals surface area contributed by atoms with E-state index >= 15 is 0 Å². The molecule has 8 nitrogen and oxygen atoms in total. The van der Waals surface area contributed by atoms with Crippen molar-refractivity contribution in [3.05, 3.63) is 71.8 Å². The maximum Gasteiger partial charge on any atom is 0.325 e. The summed E-state index contributed by atoms with van der Waals surface area (Å²) in [6.07, 6.45) is 1.57. The van der Waals surface area contributed by atoms with Crippen molar-refractivity contribution in [1.29, 1.82) is 0 Å². The van der Waals surface area contributed by atoms with Crippen LogP contribution in [0.15, 0.2) is 60.7 Å². The minimum atomic E-state index is -1.25. The maximum absolute atomic E-state index is 13.5. The Bertz CT molecular complexity index is 1360. The highest BCUT2D eigenvalue weighted by atomic mass is 16.5. The van der Waals surface area contributed by atoms with Crippen molar-refractivity contribution in [2.75, 3.05) is 27.3 Å². The number of ether oxygens (including phenoxy) is 2. The number of urea groups is 1. The zero-order valence-corrected chi connectivity index (χ0v) is 20.6. The lowest BCUT2D eigenvalue weighted by molar-refractivity contribution is -0.139. The molecule has 0 radical (unpaired) electrons. The fourth-order valence-electron chi connectivity index (χ4n) is 5.25. The minimum absolute atomic E-state index is 0.227. The number of amides is 4. The Kier molecular flexibility index (Phi) is 6.04. The molecule has 0 unspecified atom stereocenters. The van der Waals surface area contributed by atoms with Crippen molar-refractivity contribution in [3.8, 4) is 11.5 Å². The van der Waals surface area contributed by atoms with E-state index in [9.17, 15) is 14.4 Å². The number of nitrogens with one attached hydrogen (secondary N) is 1. The third-order valence-electron chi connectivity index (χ3n) is 7.26. The van der Waals surface area contributed by atoms with Crippen molar-refractivity contribution in [3.63, 3.8) is 0 Å². The van der Waals surface area contributed by atoms with Crippen LogP contribution in [0.3, 0.4) is 0 Å². The summed E-state index contributed by atoms with van der Waals surface area (Å²) in [7, 11) is 3.18. The van der Waals surface area contributed by atoms with E-state index in [1.165, 1.54) is 0 Å². The second-order valence-corrected chi connectivity index (χ2v) is 9.36. The van der Waals surface area contributed by atoms with Crippen LogP contribution in [0.1, 0.15) is 36.9 Å². The summed E-state index contributed by atoms with van der Waals surface area (Å²) in [5, 5.41) is 4.83. The van der Waals surface area contributed by atoms with Gasteiger partial charge in [-0.25, -0.2) is 4.79 Å². The Hall–Kier alpha value is -4.07. The average Bonchev–Trinajstić information content (AvgIpc) is 3.47. The number of hydrogen-bond acceptors (Lipinski definition) is 5. The summed E-state index contributed by atoms with van der Waals surface area (Å²) in [4.78, 5) is 42.6. The minimum Gasteiger partial charge on any atom is -0.497 e. The first-order valence-corrected chi connectivity index (χ1v) is 12.0. The van der Waals surface area contributed by atoms with Crippen LogP contribution in [0.2, 0.25) is 0 Å². The number of rotatable bonds is 6. The topological polar surface area (TPSA) is 88.2 Å². The molecule has 2 heterocycles. The van der Waals surface area contributed by atoms with Gasteiger partial charge in [-0.15, -0.1) is 0 Å². The van der Waals surface area contributed by atoms with Gasteiger partial charge in [0, 0.05) is 12.1 Å². The first-order valence-electron chi connectivity index (χ1n) is 12.0. The molecule has 4 amide bonds. The van der Waals surface area contributed by atoms with Crippen LogP contribution in [0, 0.1) is 0 Å². The van der Waals surface area contributed by atoms with E-state index in [1.807, 2.05) is 60.7 Å². The second-order valence-electron chi connectivity index (χ2n) is 9.36. The molecule has 0 saturated carbocycles. The first kappa shape index (κ1) is 23.7. The number of benzene rings is 3. The van der Waals surface area contributed by atoms with Gasteiger partial charge in [-0.1, -0.05) is 36.4 Å². The Labute approximate surface area is 209 Å². The molecule has 2 aliphatic heterocycles. The van der Waals surface area contributed by atoms with Crippen LogP contribution < -0.4 is 14.8 Å². The molecule has 1 N–H and O–H groups in total. The number of likely N-dealkylation sites (tertiary alicyclic amines) is 1. The lowest BCUT2D eigenvalue weighted by Crippen LogP contribution is -2.44. The summed E-state index contributed by atoms with van der Waals surface area (Å²) in [6, 6.07) is 18.2. The van der Waals surface area contributed by atoms with Gasteiger partial charge in [0.2, 0.25) is 5.91 Å². The number of nitrogens with zero attached hydrogens (tertiary/aromatic N) is 2. The van der Waals surface area contributed by atoms with E-state index in [1.54, 1.807) is 26.0 Å². The second kappa shape index (κ2) is 9.18. The molecular weight excluding hydrogens is 458 g/mol. The van der Waals surface area contributed by atoms with E-state index in [0.29, 0.717) is 23.6 Å². The molecule has 0 aliphatic carbocycles. The molecule has 2 fully saturated rings. The standard InChI is InChI=1S/C28H29N3O5/c1-28(20-11-10-18-7-4-5-8-19(18)15-20)26(33)31(27(34)29-28)17-25(32)30-14-6-9-23(30)22-16-21(35-2)12-13-24(22)36-3/h4-5,7-8,10-13,15-16,23H,6,9,14,17H2,1-3H3,(H,29,34)/t23-,28+/m1/s1. The maximum atomic E-state index is 13.5. The number of carbonyl (C=O) groups excluding carboxylic acids is 3. The van der Waals surface area contributed by atoms with Gasteiger partial charge >= 0.3 is 6.03 Å². The lowest BCUT2D eigenvalue weighted by Gasteiger charge is -2.28. The van der Waals surface area contributed by atoms with Gasteiger partial charge in [0.25, 0.3) is 5.91 Å². The van der Waals surface area contributed by atoms with Gasteiger partial charge in [0.15, 0.2) is 0 Å². The molecule has 2 saturated heterocycles. The number of hydrogen-bond donors (Lipinski definition) is 1. The SMILES string of the molecule is COc1ccc(OC)c([C@H]2CCCN2C(=O)CN2C(=O)N[C@@](C)(c3ccc4ccccc4c3)C2=O)c1. The van der Waals surface area contributed by atoms with E-state index < -0.39 is 17.5 Å². The molecule has 5 rings (SSSR count). The van der Waals surface area contributed by atoms with Crippen LogP contribution in [-0.4, -0.2) is 55.0 Å². The van der Waals surface area contributed by atoms with Gasteiger partial charge in [0.1, 0.15) is 23.6 Å². The number of fused-ring (bicyclic) bond motifs is 1. The summed E-state index contributed by atoms with van der Waals surface area (Å²) < 4.78 is 10.9. The Balaban J connectivity index is 1.38. The average molecular weight is 488 g/mol. The first-order chi connectivity index (χ1) is 17.4. The van der Waals surface area contributed by atoms with Gasteiger partial charge in [-0.3, -0.25) is 14.5 Å². The third-order valence-corrected chi connectivity index (χ3v) is 7.26. The molecule has 0 bridgehead atoms. The van der Waals surface area contributed by atoms with Crippen molar-refractivity contribution >= 4 is 28.6 Å². The monoisotopic (exact) mass is 487 g/mol. The van der Waals surface area contributed by atoms with E-state index in [2.05, 4.69) is 5.32 Å². The van der Waals surface area contributed by atoms with Gasteiger partial charge < -0.3 is 19.7 Å². The predicted molar refractivity (Wildman–Crippen MR) is 135 cm³/mol. The molecule has 8 heteroatoms. The van der Waals surface area contributed by atoms with Crippen LogP contribution in [-0.2, 0) is 15.1 Å². The van der Waals surface area contributed by atoms with E-state index in [-0.39, 0.29) is 18.5 Å². The summed E-state index contributed by atoms with van der Waals surface area (Å²) in [5.41, 5.74) is 0.275. The molecule has 2 aliphatic rings. The van der Waals surface area contributed by atoms with E-state index in [4.69, 9.17) is 9.47 Å². The molecular formula is C28H29N3O5. The Morgan fingerprint density at radius 3 is 2.56 bits per heavy atom. The smallest absolute Gasteiger partial charge is 0.325 e. The normalized spacial score (nSPS) is 21.7. The zero-order valence-electron chi connectivity index (χ0n) is 20.6. The Morgan fingerprint density at radius 1 is 1.03 bits per heavy atom. The largest absolute Gasteiger partial charge is 0.497 e. The molecule has 186 valence electrons. The highest BCUT2D eigenvalue weighted by molar-refractivity contribution is 6.09. The van der Waals surface area contributed by atoms with Gasteiger partial charge in [-0.05, 0) is 60.4 Å². The number of imide groups is 1. The summed E-state index contributed by atoms with van der Waals surface area (Å²) >= 11 is 0. The van der Waals surface area contributed by atoms with Crippen LogP contribution >= 0.6 is 0 Å². The lowest BCUT2D eigenvalue weighted by atomic mass is 9.90. The molecule has 0 spiro atoms. The van der Waals surface area contributed by atoms with Crippen molar-refractivity contribution < 1.29 is 23.9 Å². The van der Waals surface area contributed by atoms with Gasteiger partial charge in [-0.2, -0.15) is 0 Å². The number of carbonyl (C=O) groups is 3. The van der Waals surface area contributed by atoms with Crippen molar-refractivity contribution in [2.45, 2.75) is 31.3 Å². The summed E-state index contributed by atoms with van der Waals surface area (Å²) in [6.45, 7) is 1.90. The van der Waals surface area contributed by atoms with Crippen molar-refractivity contribution in [1.82, 2.24) is 15.1 Å². The molecule has 36 heavy (non-hydrogen) atoms. The molecule has 0 aromatic heterocycles. The predicted octanol–water partition coefficient (Wildman–Crippen LogP) is 3.99. The zero-order chi connectivity index (χ0) is 25.4. The van der Waals surface area contributed by atoms with Gasteiger partial charge in [0.05, 0.1) is 20.3 Å². The fraction of sp³-hybridized carbons (Fsp3) is 0.321. The van der Waals surface area contributed by atoms with Crippen LogP contribution in [0.25, 0.3) is 10.8 Å². The quantitative estimate of drug-likeness (QED) is 0.532. The molecule has 3 aromatic rings. The fourth-order valence-corrected chi connectivity index (χ4v) is 5.25. The van der Waals surface area contributed by atoms with E-state index in [0.717, 1.165) is 34.1 Å². The highest BCUT2D eigenvalue weighted by Gasteiger charge is 2.50. The van der Waals surface area contributed by atoms with Crippen LogP contribution in [0.4, 0.5) is 4.79 Å². The third kappa shape index (κ3) is 3.92.